The Hall–Kier alpha value is -2.61. The van der Waals surface area contributed by atoms with Gasteiger partial charge in [-0.3, -0.25) is 4.79 Å². The van der Waals surface area contributed by atoms with Gasteiger partial charge < -0.3 is 14.6 Å². The summed E-state index contributed by atoms with van der Waals surface area (Å²) >= 11 is 8.61. The number of thiophene rings is 1. The van der Waals surface area contributed by atoms with E-state index in [1.54, 1.807) is 0 Å². The van der Waals surface area contributed by atoms with Crippen LogP contribution in [-0.4, -0.2) is 26.4 Å². The molecule has 184 valence electrons. The van der Waals surface area contributed by atoms with E-state index in [1.807, 2.05) is 11.5 Å². The lowest BCUT2D eigenvalue weighted by molar-refractivity contribution is -0.113. The fourth-order valence-corrected chi connectivity index (χ4v) is 6.23. The molecule has 0 bridgehead atoms. The Balaban J connectivity index is 1.38. The zero-order valence-corrected chi connectivity index (χ0v) is 21.7. The molecule has 1 aliphatic carbocycles. The number of amides is 1. The molecule has 7 nitrogen and oxygen atoms in total. The van der Waals surface area contributed by atoms with E-state index in [0.717, 1.165) is 31.2 Å². The van der Waals surface area contributed by atoms with Gasteiger partial charge in [-0.1, -0.05) is 36.2 Å². The number of ether oxygens (including phenoxy) is 1. The summed E-state index contributed by atoms with van der Waals surface area (Å²) < 4.78 is 20.9. The van der Waals surface area contributed by atoms with Gasteiger partial charge in [-0.25, -0.2) is 4.39 Å². The number of aryl methyl sites for hydroxylation is 1. The van der Waals surface area contributed by atoms with Crippen molar-refractivity contribution in [1.29, 1.82) is 5.26 Å². The number of nitriles is 1. The van der Waals surface area contributed by atoms with Gasteiger partial charge in [-0.2, -0.15) is 5.26 Å². The SMILES string of the molecule is CCn1c(COc2ccc(F)c(Cl)c2)nnc1SCC(=O)Nc1sc2c(c1C#N)CCCCCC2. The summed E-state index contributed by atoms with van der Waals surface area (Å²) in [7, 11) is 0. The summed E-state index contributed by atoms with van der Waals surface area (Å²) in [6, 6.07) is 6.45. The fraction of sp³-hybridized carbons (Fsp3) is 0.417. The molecule has 35 heavy (non-hydrogen) atoms. The molecular weight excluding hydrogens is 509 g/mol. The van der Waals surface area contributed by atoms with E-state index < -0.39 is 5.82 Å². The molecule has 2 heterocycles. The first-order valence-electron chi connectivity index (χ1n) is 11.5. The highest BCUT2D eigenvalue weighted by Gasteiger charge is 2.21. The molecule has 1 N–H and O–H groups in total. The van der Waals surface area contributed by atoms with Gasteiger partial charge in [0.05, 0.1) is 16.3 Å². The molecule has 0 saturated carbocycles. The Kier molecular flexibility index (Phi) is 8.65. The number of hydrogen-bond acceptors (Lipinski definition) is 7. The number of hydrogen-bond donors (Lipinski definition) is 1. The number of rotatable bonds is 8. The number of fused-ring (bicyclic) bond motifs is 1. The van der Waals surface area contributed by atoms with E-state index >= 15 is 0 Å². The lowest BCUT2D eigenvalue weighted by atomic mass is 9.97. The minimum Gasteiger partial charge on any atom is -0.486 e. The van der Waals surface area contributed by atoms with Gasteiger partial charge in [0.2, 0.25) is 5.91 Å². The quantitative estimate of drug-likeness (QED) is 0.357. The number of nitrogens with zero attached hydrogens (tertiary/aromatic N) is 4. The van der Waals surface area contributed by atoms with E-state index in [0.29, 0.717) is 33.8 Å². The van der Waals surface area contributed by atoms with Gasteiger partial charge in [-0.05, 0) is 50.3 Å². The summed E-state index contributed by atoms with van der Waals surface area (Å²) in [4.78, 5) is 13.9. The largest absolute Gasteiger partial charge is 0.486 e. The highest BCUT2D eigenvalue weighted by molar-refractivity contribution is 7.99. The second-order valence-corrected chi connectivity index (χ2v) is 10.5. The van der Waals surface area contributed by atoms with Gasteiger partial charge in [0.1, 0.15) is 29.2 Å². The molecule has 1 amide bonds. The molecule has 1 aromatic carbocycles. The van der Waals surface area contributed by atoms with E-state index in [2.05, 4.69) is 21.6 Å². The number of aromatic nitrogens is 3. The fourth-order valence-electron chi connectivity index (χ4n) is 3.98. The van der Waals surface area contributed by atoms with Gasteiger partial charge in [0.15, 0.2) is 11.0 Å². The van der Waals surface area contributed by atoms with Crippen LogP contribution in [0.1, 0.15) is 54.4 Å². The van der Waals surface area contributed by atoms with Crippen LogP contribution in [0.25, 0.3) is 0 Å². The first-order chi connectivity index (χ1) is 17.0. The lowest BCUT2D eigenvalue weighted by Crippen LogP contribution is -2.15. The summed E-state index contributed by atoms with van der Waals surface area (Å²) in [6.45, 7) is 2.67. The molecule has 1 aliphatic rings. The Bertz CT molecular complexity index is 1250. The topological polar surface area (TPSA) is 92.8 Å². The van der Waals surface area contributed by atoms with E-state index in [9.17, 15) is 14.4 Å². The average molecular weight is 534 g/mol. The molecule has 0 saturated heterocycles. The van der Waals surface area contributed by atoms with E-state index in [-0.39, 0.29) is 23.3 Å². The third-order valence-electron chi connectivity index (χ3n) is 5.74. The molecule has 2 aromatic heterocycles. The van der Waals surface area contributed by atoms with Crippen molar-refractivity contribution in [2.24, 2.45) is 0 Å². The predicted octanol–water partition coefficient (Wildman–Crippen LogP) is 5.99. The highest BCUT2D eigenvalue weighted by atomic mass is 35.5. The zero-order chi connectivity index (χ0) is 24.8. The molecule has 4 rings (SSSR count). The van der Waals surface area contributed by atoms with Gasteiger partial charge in [-0.15, -0.1) is 21.5 Å². The number of halogens is 2. The monoisotopic (exact) mass is 533 g/mol. The first kappa shape index (κ1) is 25.5. The number of anilines is 1. The molecule has 0 atom stereocenters. The Morgan fingerprint density at radius 3 is 2.86 bits per heavy atom. The highest BCUT2D eigenvalue weighted by Crippen LogP contribution is 2.36. The van der Waals surface area contributed by atoms with E-state index in [1.165, 1.54) is 59.0 Å². The maximum atomic E-state index is 13.3. The van der Waals surface area contributed by atoms with E-state index in [4.69, 9.17) is 16.3 Å². The summed E-state index contributed by atoms with van der Waals surface area (Å²) in [6.07, 6.45) is 6.45. The number of benzene rings is 1. The molecule has 0 unspecified atom stereocenters. The molecule has 0 spiro atoms. The number of carbonyl (C=O) groups is 1. The third kappa shape index (κ3) is 6.15. The Morgan fingerprint density at radius 2 is 2.11 bits per heavy atom. The molecule has 0 aliphatic heterocycles. The number of carbonyl (C=O) groups excluding carboxylic acids is 1. The maximum absolute atomic E-state index is 13.3. The van der Waals surface area contributed by atoms with Crippen LogP contribution >= 0.6 is 34.7 Å². The third-order valence-corrected chi connectivity index (χ3v) is 8.20. The predicted molar refractivity (Wildman–Crippen MR) is 136 cm³/mol. The standard InChI is InChI=1S/C24H25ClFN5O2S2/c1-2-31-21(13-33-15-9-10-19(26)18(25)11-15)29-30-24(31)34-14-22(32)28-23-17(12-27)16-7-5-3-4-6-8-20(16)35-23/h9-11H,2-8,13-14H2,1H3,(H,28,32). The van der Waals surface area contributed by atoms with Crippen LogP contribution < -0.4 is 10.1 Å². The summed E-state index contributed by atoms with van der Waals surface area (Å²) in [5.74, 6) is 0.447. The van der Waals surface area contributed by atoms with Crippen molar-refractivity contribution in [3.05, 3.63) is 50.9 Å². The normalized spacial score (nSPS) is 13.4. The van der Waals surface area contributed by atoms with Crippen molar-refractivity contribution < 1.29 is 13.9 Å². The number of nitrogens with one attached hydrogen (secondary N) is 1. The van der Waals surface area contributed by atoms with Crippen LogP contribution in [0.3, 0.4) is 0 Å². The van der Waals surface area contributed by atoms with Gasteiger partial charge in [0.25, 0.3) is 0 Å². The van der Waals surface area contributed by atoms with Crippen molar-refractivity contribution >= 4 is 45.6 Å². The van der Waals surface area contributed by atoms with Crippen LogP contribution in [0.2, 0.25) is 5.02 Å². The van der Waals surface area contributed by atoms with Crippen molar-refractivity contribution in [3.8, 4) is 11.8 Å². The summed E-state index contributed by atoms with van der Waals surface area (Å²) in [5.41, 5.74) is 1.72. The molecule has 0 radical (unpaired) electrons. The minimum atomic E-state index is -0.511. The van der Waals surface area contributed by atoms with Crippen molar-refractivity contribution in [1.82, 2.24) is 14.8 Å². The Labute approximate surface area is 216 Å². The van der Waals surface area contributed by atoms with Gasteiger partial charge in [0, 0.05) is 17.5 Å². The molecule has 11 heteroatoms. The van der Waals surface area contributed by atoms with Crippen LogP contribution in [-0.2, 0) is 30.8 Å². The molecule has 0 fully saturated rings. The lowest BCUT2D eigenvalue weighted by Gasteiger charge is -2.09. The first-order valence-corrected chi connectivity index (χ1v) is 13.6. The van der Waals surface area contributed by atoms with Crippen LogP contribution in [0.5, 0.6) is 5.75 Å². The van der Waals surface area contributed by atoms with Crippen molar-refractivity contribution in [3.63, 3.8) is 0 Å². The van der Waals surface area contributed by atoms with Crippen LogP contribution in [0, 0.1) is 17.1 Å². The second kappa shape index (κ2) is 11.9. The summed E-state index contributed by atoms with van der Waals surface area (Å²) in [5, 5.41) is 22.3. The molecule has 3 aromatic rings. The zero-order valence-electron chi connectivity index (χ0n) is 19.3. The minimum absolute atomic E-state index is 0.0148. The van der Waals surface area contributed by atoms with Crippen LogP contribution in [0.4, 0.5) is 9.39 Å². The second-order valence-electron chi connectivity index (χ2n) is 8.08. The van der Waals surface area contributed by atoms with Crippen molar-refractivity contribution in [2.75, 3.05) is 11.1 Å². The Morgan fingerprint density at radius 1 is 1.31 bits per heavy atom. The van der Waals surface area contributed by atoms with Crippen LogP contribution in [0.15, 0.2) is 23.4 Å². The maximum Gasteiger partial charge on any atom is 0.235 e. The van der Waals surface area contributed by atoms with Gasteiger partial charge >= 0.3 is 0 Å². The number of thioether (sulfide) groups is 1. The average Bonchev–Trinajstić information content (AvgIpc) is 3.37. The smallest absolute Gasteiger partial charge is 0.235 e. The van der Waals surface area contributed by atoms with Crippen molar-refractivity contribution in [2.45, 2.75) is 63.8 Å². The molecular formula is C24H25ClFN5O2S2.